The molecular formula is C14H22N2O. The van der Waals surface area contributed by atoms with Crippen LogP contribution >= 0.6 is 0 Å². The smallest absolute Gasteiger partial charge is 0.112 e. The second kappa shape index (κ2) is 6.12. The van der Waals surface area contributed by atoms with E-state index in [-0.39, 0.29) is 6.10 Å². The third-order valence-electron chi connectivity index (χ3n) is 3.55. The first-order valence-electron chi connectivity index (χ1n) is 6.56. The van der Waals surface area contributed by atoms with Crippen LogP contribution < -0.4 is 5.73 Å². The van der Waals surface area contributed by atoms with Crippen LogP contribution in [0.15, 0.2) is 24.4 Å². The minimum atomic E-state index is -0.0467. The molecule has 2 N–H and O–H groups in total. The quantitative estimate of drug-likeness (QED) is 0.871. The molecule has 1 unspecified atom stereocenters. The van der Waals surface area contributed by atoms with Crippen LogP contribution in [-0.4, -0.2) is 17.6 Å². The van der Waals surface area contributed by atoms with Crippen molar-refractivity contribution in [3.05, 3.63) is 30.1 Å². The largest absolute Gasteiger partial charge is 0.367 e. The fraction of sp³-hybridized carbons (Fsp3) is 0.643. The van der Waals surface area contributed by atoms with Gasteiger partial charge in [0.05, 0.1) is 11.8 Å². The molecule has 0 aliphatic heterocycles. The lowest BCUT2D eigenvalue weighted by atomic mass is 9.89. The molecule has 2 rings (SSSR count). The van der Waals surface area contributed by atoms with Crippen LogP contribution in [0.25, 0.3) is 0 Å². The van der Waals surface area contributed by atoms with Crippen molar-refractivity contribution in [3.8, 4) is 0 Å². The fourth-order valence-corrected chi connectivity index (χ4v) is 2.41. The standard InChI is InChI=1S/C14H22N2O/c1-11-5-7-12(8-6-11)17-14(10-15)13-4-2-3-9-16-13/h2-4,9,11-12,14H,5-8,10,15H2,1H3. The Morgan fingerprint density at radius 2 is 2.12 bits per heavy atom. The van der Waals surface area contributed by atoms with Crippen LogP contribution in [0.3, 0.4) is 0 Å². The Morgan fingerprint density at radius 1 is 1.35 bits per heavy atom. The zero-order chi connectivity index (χ0) is 12.1. The molecule has 1 atom stereocenters. The van der Waals surface area contributed by atoms with Crippen LogP contribution in [0.1, 0.15) is 44.4 Å². The summed E-state index contributed by atoms with van der Waals surface area (Å²) in [6, 6.07) is 5.89. The molecule has 1 aromatic rings. The van der Waals surface area contributed by atoms with Crippen LogP contribution in [0.5, 0.6) is 0 Å². The van der Waals surface area contributed by atoms with E-state index in [0.717, 1.165) is 24.5 Å². The maximum Gasteiger partial charge on any atom is 0.112 e. The maximum absolute atomic E-state index is 6.09. The van der Waals surface area contributed by atoms with Gasteiger partial charge in [0.15, 0.2) is 0 Å². The minimum Gasteiger partial charge on any atom is -0.367 e. The van der Waals surface area contributed by atoms with Crippen LogP contribution in [-0.2, 0) is 4.74 Å². The first kappa shape index (κ1) is 12.5. The monoisotopic (exact) mass is 234 g/mol. The van der Waals surface area contributed by atoms with E-state index in [4.69, 9.17) is 10.5 Å². The van der Waals surface area contributed by atoms with E-state index in [1.165, 1.54) is 12.8 Å². The number of aromatic nitrogens is 1. The molecule has 1 aliphatic rings. The van der Waals surface area contributed by atoms with Gasteiger partial charge >= 0.3 is 0 Å². The lowest BCUT2D eigenvalue weighted by Crippen LogP contribution is -2.26. The van der Waals surface area contributed by atoms with E-state index in [0.29, 0.717) is 12.6 Å². The van der Waals surface area contributed by atoms with Crippen molar-refractivity contribution in [2.24, 2.45) is 11.7 Å². The van der Waals surface area contributed by atoms with Gasteiger partial charge in [-0.05, 0) is 43.7 Å². The summed E-state index contributed by atoms with van der Waals surface area (Å²) in [6.07, 6.45) is 6.96. The number of nitrogens with zero attached hydrogens (tertiary/aromatic N) is 1. The average molecular weight is 234 g/mol. The number of hydrogen-bond acceptors (Lipinski definition) is 3. The van der Waals surface area contributed by atoms with Gasteiger partial charge in [-0.3, -0.25) is 4.98 Å². The predicted molar refractivity (Wildman–Crippen MR) is 68.5 cm³/mol. The summed E-state index contributed by atoms with van der Waals surface area (Å²) in [6.45, 7) is 2.82. The van der Waals surface area contributed by atoms with Crippen LogP contribution in [0, 0.1) is 5.92 Å². The topological polar surface area (TPSA) is 48.1 Å². The van der Waals surface area contributed by atoms with Gasteiger partial charge < -0.3 is 10.5 Å². The Balaban J connectivity index is 1.92. The lowest BCUT2D eigenvalue weighted by Gasteiger charge is -2.29. The Morgan fingerprint density at radius 3 is 2.71 bits per heavy atom. The molecule has 3 nitrogen and oxygen atoms in total. The summed E-state index contributed by atoms with van der Waals surface area (Å²) >= 11 is 0. The normalized spacial score (nSPS) is 26.7. The first-order chi connectivity index (χ1) is 8.29. The van der Waals surface area contributed by atoms with E-state index < -0.39 is 0 Å². The van der Waals surface area contributed by atoms with Gasteiger partial charge in [0.1, 0.15) is 6.10 Å². The summed E-state index contributed by atoms with van der Waals surface area (Å²) < 4.78 is 6.09. The van der Waals surface area contributed by atoms with Gasteiger partial charge in [0, 0.05) is 12.7 Å². The molecular weight excluding hydrogens is 212 g/mol. The molecule has 0 aromatic carbocycles. The second-order valence-electron chi connectivity index (χ2n) is 5.00. The van der Waals surface area contributed by atoms with Crippen molar-refractivity contribution in [1.82, 2.24) is 4.98 Å². The van der Waals surface area contributed by atoms with E-state index in [1.807, 2.05) is 18.2 Å². The molecule has 1 aromatic heterocycles. The van der Waals surface area contributed by atoms with Crippen molar-refractivity contribution in [1.29, 1.82) is 0 Å². The molecule has 0 amide bonds. The summed E-state index contributed by atoms with van der Waals surface area (Å²) in [4.78, 5) is 4.33. The molecule has 0 spiro atoms. The van der Waals surface area contributed by atoms with Crippen LogP contribution in [0.4, 0.5) is 0 Å². The highest BCUT2D eigenvalue weighted by Gasteiger charge is 2.22. The number of rotatable bonds is 4. The molecule has 0 radical (unpaired) electrons. The van der Waals surface area contributed by atoms with E-state index in [1.54, 1.807) is 6.20 Å². The van der Waals surface area contributed by atoms with E-state index in [2.05, 4.69) is 11.9 Å². The molecule has 3 heteroatoms. The van der Waals surface area contributed by atoms with Crippen molar-refractivity contribution in [2.45, 2.75) is 44.8 Å². The first-order valence-corrected chi connectivity index (χ1v) is 6.56. The molecule has 0 saturated heterocycles. The van der Waals surface area contributed by atoms with Crippen LogP contribution in [0.2, 0.25) is 0 Å². The van der Waals surface area contributed by atoms with Crippen molar-refractivity contribution in [3.63, 3.8) is 0 Å². The maximum atomic E-state index is 6.09. The Bertz CT molecular complexity index is 320. The average Bonchev–Trinajstić information content (AvgIpc) is 2.39. The van der Waals surface area contributed by atoms with Crippen molar-refractivity contribution >= 4 is 0 Å². The van der Waals surface area contributed by atoms with Gasteiger partial charge in [-0.15, -0.1) is 0 Å². The minimum absolute atomic E-state index is 0.0467. The molecule has 1 heterocycles. The highest BCUT2D eigenvalue weighted by Crippen LogP contribution is 2.28. The Hall–Kier alpha value is -0.930. The summed E-state index contributed by atoms with van der Waals surface area (Å²) in [5.74, 6) is 0.848. The summed E-state index contributed by atoms with van der Waals surface area (Å²) in [7, 11) is 0. The molecule has 1 aliphatic carbocycles. The highest BCUT2D eigenvalue weighted by atomic mass is 16.5. The number of pyridine rings is 1. The molecule has 0 bridgehead atoms. The summed E-state index contributed by atoms with van der Waals surface area (Å²) in [5.41, 5.74) is 6.74. The van der Waals surface area contributed by atoms with Gasteiger partial charge in [-0.2, -0.15) is 0 Å². The van der Waals surface area contributed by atoms with Gasteiger partial charge in [-0.25, -0.2) is 0 Å². The van der Waals surface area contributed by atoms with Crippen molar-refractivity contribution in [2.75, 3.05) is 6.54 Å². The van der Waals surface area contributed by atoms with Gasteiger partial charge in [-0.1, -0.05) is 13.0 Å². The summed E-state index contributed by atoms with van der Waals surface area (Å²) in [5, 5.41) is 0. The predicted octanol–water partition coefficient (Wildman–Crippen LogP) is 2.68. The third-order valence-corrected chi connectivity index (χ3v) is 3.55. The SMILES string of the molecule is CC1CCC(OC(CN)c2ccccn2)CC1. The molecule has 94 valence electrons. The van der Waals surface area contributed by atoms with Crippen molar-refractivity contribution < 1.29 is 4.74 Å². The van der Waals surface area contributed by atoms with E-state index >= 15 is 0 Å². The number of nitrogens with two attached hydrogens (primary N) is 1. The zero-order valence-corrected chi connectivity index (χ0v) is 10.5. The molecule has 1 saturated carbocycles. The lowest BCUT2D eigenvalue weighted by molar-refractivity contribution is -0.0345. The molecule has 1 fully saturated rings. The Labute approximate surface area is 103 Å². The molecule has 17 heavy (non-hydrogen) atoms. The number of hydrogen-bond donors (Lipinski definition) is 1. The Kier molecular flexibility index (Phi) is 4.51. The highest BCUT2D eigenvalue weighted by molar-refractivity contribution is 5.07. The number of ether oxygens (including phenoxy) is 1. The zero-order valence-electron chi connectivity index (χ0n) is 10.5. The second-order valence-corrected chi connectivity index (χ2v) is 5.00. The third kappa shape index (κ3) is 3.51. The van der Waals surface area contributed by atoms with Gasteiger partial charge in [0.25, 0.3) is 0 Å². The fourth-order valence-electron chi connectivity index (χ4n) is 2.41. The van der Waals surface area contributed by atoms with E-state index in [9.17, 15) is 0 Å². The van der Waals surface area contributed by atoms with Gasteiger partial charge in [0.2, 0.25) is 0 Å².